The Morgan fingerprint density at radius 1 is 1.07 bits per heavy atom. The molecule has 0 amide bonds. The Morgan fingerprint density at radius 3 is 2.57 bits per heavy atom. The van der Waals surface area contributed by atoms with E-state index in [1.54, 1.807) is 12.1 Å². The number of hydrogen-bond acceptors (Lipinski definition) is 9. The van der Waals surface area contributed by atoms with Gasteiger partial charge in [-0.25, -0.2) is 0 Å². The fourth-order valence-corrected chi connectivity index (χ4v) is 5.67. The van der Waals surface area contributed by atoms with E-state index in [1.165, 1.54) is 7.11 Å². The molecule has 10 heteroatoms. The Balaban J connectivity index is 1.40. The van der Waals surface area contributed by atoms with Crippen molar-refractivity contribution in [2.45, 2.75) is 102 Å². The summed E-state index contributed by atoms with van der Waals surface area (Å²) < 4.78 is 41.5. The van der Waals surface area contributed by atoms with Crippen LogP contribution in [0.3, 0.4) is 0 Å². The van der Waals surface area contributed by atoms with Crippen LogP contribution in [0.4, 0.5) is 0 Å². The second-order valence-corrected chi connectivity index (χ2v) is 11.5. The minimum absolute atomic E-state index is 0.114. The van der Waals surface area contributed by atoms with Crippen molar-refractivity contribution in [2.75, 3.05) is 33.5 Å². The van der Waals surface area contributed by atoms with Gasteiger partial charge in [0.2, 0.25) is 0 Å². The summed E-state index contributed by atoms with van der Waals surface area (Å²) in [5, 5.41) is 0.590. The van der Waals surface area contributed by atoms with Gasteiger partial charge in [-0.15, -0.1) is 0 Å². The number of carbonyl (C=O) groups excluding carboxylic acids is 2. The molecule has 3 aliphatic rings. The predicted molar refractivity (Wildman–Crippen MR) is 156 cm³/mol. The van der Waals surface area contributed by atoms with Crippen molar-refractivity contribution in [3.8, 4) is 5.75 Å². The molecule has 0 N–H and O–H groups in total. The van der Waals surface area contributed by atoms with Crippen LogP contribution in [0, 0.1) is 5.92 Å². The summed E-state index contributed by atoms with van der Waals surface area (Å²) in [4.78, 5) is 24.6. The number of halogens is 1. The highest BCUT2D eigenvalue weighted by atomic mass is 35.5. The molecule has 1 saturated carbocycles. The van der Waals surface area contributed by atoms with Crippen LogP contribution in [0.2, 0.25) is 5.02 Å². The van der Waals surface area contributed by atoms with Crippen molar-refractivity contribution in [1.82, 2.24) is 0 Å². The topological polar surface area (TPSA) is 98.8 Å². The summed E-state index contributed by atoms with van der Waals surface area (Å²) in [6.45, 7) is 1.77. The molecule has 0 spiro atoms. The molecular formula is C32H45ClO9. The number of unbranched alkanes of at least 4 members (excludes halogenated alkanes) is 1. The Bertz CT molecular complexity index is 990. The highest BCUT2D eigenvalue weighted by molar-refractivity contribution is 6.30. The summed E-state index contributed by atoms with van der Waals surface area (Å²) in [5.41, 5.74) is 0. The van der Waals surface area contributed by atoms with E-state index >= 15 is 0 Å². The van der Waals surface area contributed by atoms with Gasteiger partial charge in [0.25, 0.3) is 0 Å². The summed E-state index contributed by atoms with van der Waals surface area (Å²) >= 11 is 6.14. The first-order chi connectivity index (χ1) is 20.5. The van der Waals surface area contributed by atoms with Crippen LogP contribution in [-0.2, 0) is 38.0 Å². The standard InChI is InChI=1S/C32H45ClO9/c1-36-29(35)14-5-3-2-4-13-26-27(34)20-28(42-31-16-7-9-18-38-31)32(26)40-22-25(41-30-15-6-8-17-37-30)21-39-24-12-10-11-23(33)19-24/h2,4,10-12,19,25-26,28,30-32H,3,5-9,13-18,20-22H2,1H3/t25?,26-,28+,30?,31?,32+/m0/s1. The molecule has 3 fully saturated rings. The Morgan fingerprint density at radius 2 is 1.86 bits per heavy atom. The molecule has 2 aliphatic heterocycles. The zero-order chi connectivity index (χ0) is 29.6. The molecule has 2 saturated heterocycles. The van der Waals surface area contributed by atoms with Gasteiger partial charge in [-0.2, -0.15) is 0 Å². The van der Waals surface area contributed by atoms with Crippen LogP contribution >= 0.6 is 11.6 Å². The third-order valence-corrected chi connectivity index (χ3v) is 8.00. The number of Topliss-reactive ketones (excluding diaryl/α,β-unsaturated/α-hetero) is 1. The normalized spacial score (nSPS) is 27.3. The van der Waals surface area contributed by atoms with Crippen LogP contribution < -0.4 is 4.74 Å². The van der Waals surface area contributed by atoms with Crippen molar-refractivity contribution in [2.24, 2.45) is 5.92 Å². The van der Waals surface area contributed by atoms with Crippen molar-refractivity contribution in [3.05, 3.63) is 41.4 Å². The number of methoxy groups -OCH3 is 1. The fourth-order valence-electron chi connectivity index (χ4n) is 5.49. The number of ketones is 1. The second kappa shape index (κ2) is 18.0. The summed E-state index contributed by atoms with van der Waals surface area (Å²) in [7, 11) is 1.39. The van der Waals surface area contributed by atoms with E-state index in [0.29, 0.717) is 43.2 Å². The molecule has 3 unspecified atom stereocenters. The van der Waals surface area contributed by atoms with Gasteiger partial charge < -0.3 is 33.2 Å². The van der Waals surface area contributed by atoms with E-state index in [2.05, 4.69) is 0 Å². The monoisotopic (exact) mass is 608 g/mol. The largest absolute Gasteiger partial charge is 0.491 e. The molecule has 0 radical (unpaired) electrons. The minimum Gasteiger partial charge on any atom is -0.491 e. The van der Waals surface area contributed by atoms with Crippen LogP contribution in [0.15, 0.2) is 36.4 Å². The van der Waals surface area contributed by atoms with Crippen LogP contribution in [0.1, 0.15) is 70.6 Å². The quantitative estimate of drug-likeness (QED) is 0.131. The zero-order valence-electron chi connectivity index (χ0n) is 24.6. The Hall–Kier alpha value is -2.01. The van der Waals surface area contributed by atoms with E-state index in [0.717, 1.165) is 44.9 Å². The van der Waals surface area contributed by atoms with Gasteiger partial charge in [0.05, 0.1) is 31.8 Å². The molecule has 9 nitrogen and oxygen atoms in total. The molecule has 1 aliphatic carbocycles. The maximum absolute atomic E-state index is 13.2. The van der Waals surface area contributed by atoms with Crippen molar-refractivity contribution in [3.63, 3.8) is 0 Å². The number of carbonyl (C=O) groups is 2. The number of ether oxygens (including phenoxy) is 7. The van der Waals surface area contributed by atoms with Gasteiger partial charge in [0, 0.05) is 31.1 Å². The SMILES string of the molecule is COC(=O)CCCC=CC[C@H]1C(=O)C[C@@H](OC2CCCCO2)[C@@H]1OCC(COc1cccc(Cl)c1)OC1CCCCO1. The molecule has 0 aromatic heterocycles. The summed E-state index contributed by atoms with van der Waals surface area (Å²) in [5.74, 6) is 0.184. The first-order valence-electron chi connectivity index (χ1n) is 15.3. The molecule has 2 heterocycles. The van der Waals surface area contributed by atoms with Gasteiger partial charge in [0.15, 0.2) is 12.6 Å². The highest BCUT2D eigenvalue weighted by Gasteiger charge is 2.45. The van der Waals surface area contributed by atoms with Crippen LogP contribution in [0.25, 0.3) is 0 Å². The average Bonchev–Trinajstić information content (AvgIpc) is 3.30. The lowest BCUT2D eigenvalue weighted by atomic mass is 9.99. The number of benzene rings is 1. The van der Waals surface area contributed by atoms with E-state index in [-0.39, 0.29) is 49.9 Å². The molecule has 1 aromatic carbocycles. The number of rotatable bonds is 16. The lowest BCUT2D eigenvalue weighted by molar-refractivity contribution is -0.226. The molecular weight excluding hydrogens is 564 g/mol. The van der Waals surface area contributed by atoms with Crippen molar-refractivity contribution in [1.29, 1.82) is 0 Å². The molecule has 4 rings (SSSR count). The van der Waals surface area contributed by atoms with Crippen molar-refractivity contribution < 1.29 is 42.7 Å². The Labute approximate surface area is 254 Å². The number of esters is 1. The van der Waals surface area contributed by atoms with Gasteiger partial charge in [-0.05, 0) is 76.0 Å². The number of hydrogen-bond donors (Lipinski definition) is 0. The van der Waals surface area contributed by atoms with Crippen molar-refractivity contribution >= 4 is 23.4 Å². The first-order valence-corrected chi connectivity index (χ1v) is 15.7. The van der Waals surface area contributed by atoms with Gasteiger partial charge in [-0.3, -0.25) is 9.59 Å². The number of allylic oxidation sites excluding steroid dienone is 2. The van der Waals surface area contributed by atoms with Gasteiger partial charge >= 0.3 is 5.97 Å². The predicted octanol–water partition coefficient (Wildman–Crippen LogP) is 5.81. The maximum atomic E-state index is 13.2. The Kier molecular flexibility index (Phi) is 14.1. The molecule has 6 atom stereocenters. The highest BCUT2D eigenvalue weighted by Crippen LogP contribution is 2.33. The smallest absolute Gasteiger partial charge is 0.305 e. The lowest BCUT2D eigenvalue weighted by Gasteiger charge is -2.32. The molecule has 234 valence electrons. The van der Waals surface area contributed by atoms with E-state index in [9.17, 15) is 9.59 Å². The van der Waals surface area contributed by atoms with Crippen LogP contribution in [0.5, 0.6) is 5.75 Å². The molecule has 1 aromatic rings. The first kappa shape index (κ1) is 32.9. The maximum Gasteiger partial charge on any atom is 0.305 e. The minimum atomic E-state index is -0.452. The zero-order valence-corrected chi connectivity index (χ0v) is 25.3. The third-order valence-electron chi connectivity index (χ3n) is 7.77. The van der Waals surface area contributed by atoms with Crippen LogP contribution in [-0.4, -0.2) is 76.2 Å². The molecule has 42 heavy (non-hydrogen) atoms. The average molecular weight is 609 g/mol. The van der Waals surface area contributed by atoms with Gasteiger partial charge in [0.1, 0.15) is 24.2 Å². The molecule has 0 bridgehead atoms. The third kappa shape index (κ3) is 10.9. The second-order valence-electron chi connectivity index (χ2n) is 11.0. The van der Waals surface area contributed by atoms with Gasteiger partial charge in [-0.1, -0.05) is 29.8 Å². The summed E-state index contributed by atoms with van der Waals surface area (Å²) in [6, 6.07) is 7.23. The van der Waals surface area contributed by atoms with E-state index in [4.69, 9.17) is 44.8 Å². The summed E-state index contributed by atoms with van der Waals surface area (Å²) in [6.07, 6.45) is 10.4. The van der Waals surface area contributed by atoms with E-state index in [1.807, 2.05) is 24.3 Å². The lowest BCUT2D eigenvalue weighted by Crippen LogP contribution is -2.40. The fraction of sp³-hybridized carbons (Fsp3) is 0.688. The van der Waals surface area contributed by atoms with E-state index < -0.39 is 18.3 Å².